The largest absolute Gasteiger partial charge is 0.478 e. The Morgan fingerprint density at radius 2 is 1.94 bits per heavy atom. The first-order valence-electron chi connectivity index (χ1n) is 3.73. The van der Waals surface area contributed by atoms with E-state index in [4.69, 9.17) is 10.2 Å². The van der Waals surface area contributed by atoms with Crippen LogP contribution >= 0.6 is 31.9 Å². The van der Waals surface area contributed by atoms with Gasteiger partial charge in [-0.15, -0.1) is 0 Å². The highest BCUT2D eigenvalue weighted by Gasteiger charge is 2.17. The van der Waals surface area contributed by atoms with E-state index in [0.29, 0.717) is 4.47 Å². The molecule has 0 aromatic heterocycles. The maximum absolute atomic E-state index is 10.9. The number of nitrogens with two attached hydrogens (primary N) is 1. The van der Waals surface area contributed by atoms with Crippen LogP contribution in [0.1, 0.15) is 10.4 Å². The van der Waals surface area contributed by atoms with Gasteiger partial charge in [0.1, 0.15) is 0 Å². The van der Waals surface area contributed by atoms with E-state index in [2.05, 4.69) is 31.9 Å². The number of aromatic carboxylic acids is 1. The van der Waals surface area contributed by atoms with Crippen LogP contribution in [0, 0.1) is 0 Å². The number of halogens is 2. The van der Waals surface area contributed by atoms with Gasteiger partial charge in [-0.25, -0.2) is 9.93 Å². The van der Waals surface area contributed by atoms with E-state index in [1.807, 2.05) is 4.72 Å². The van der Waals surface area contributed by atoms with Crippen molar-refractivity contribution in [1.82, 2.24) is 0 Å². The second-order valence-electron chi connectivity index (χ2n) is 2.76. The van der Waals surface area contributed by atoms with Gasteiger partial charge in [0.2, 0.25) is 0 Å². The smallest absolute Gasteiger partial charge is 0.337 e. The molecule has 0 amide bonds. The van der Waals surface area contributed by atoms with Crippen molar-refractivity contribution in [3.63, 3.8) is 0 Å². The Kier molecular flexibility index (Phi) is 3.94. The van der Waals surface area contributed by atoms with Crippen molar-refractivity contribution in [1.29, 1.82) is 0 Å². The number of rotatable bonds is 3. The topological polar surface area (TPSA) is 109 Å². The van der Waals surface area contributed by atoms with Crippen molar-refractivity contribution in [2.24, 2.45) is 5.14 Å². The highest BCUT2D eigenvalue weighted by atomic mass is 79.9. The summed E-state index contributed by atoms with van der Waals surface area (Å²) in [7, 11) is -4.03. The summed E-state index contributed by atoms with van der Waals surface area (Å²) in [6, 6.07) is 2.76. The minimum absolute atomic E-state index is 0.113. The van der Waals surface area contributed by atoms with Gasteiger partial charge in [-0.3, -0.25) is 4.72 Å². The number of hydrogen-bond donors (Lipinski definition) is 3. The van der Waals surface area contributed by atoms with E-state index in [0.717, 1.165) is 0 Å². The summed E-state index contributed by atoms with van der Waals surface area (Å²) >= 11 is 6.14. The van der Waals surface area contributed by atoms with Crippen LogP contribution in [0.25, 0.3) is 0 Å². The van der Waals surface area contributed by atoms with Crippen molar-refractivity contribution in [3.8, 4) is 0 Å². The Morgan fingerprint density at radius 3 is 2.38 bits per heavy atom. The predicted octanol–water partition coefficient (Wildman–Crippen LogP) is 1.53. The fourth-order valence-corrected chi connectivity index (χ4v) is 2.95. The normalized spacial score (nSPS) is 11.2. The molecule has 0 bridgehead atoms. The molecule has 0 aliphatic rings. The predicted molar refractivity (Wildman–Crippen MR) is 65.5 cm³/mol. The molecule has 1 aromatic carbocycles. The zero-order chi connectivity index (χ0) is 12.5. The second-order valence-corrected chi connectivity index (χ2v) is 5.83. The molecule has 0 unspecified atom stereocenters. The monoisotopic (exact) mass is 372 g/mol. The van der Waals surface area contributed by atoms with Crippen LogP contribution in [-0.2, 0) is 10.2 Å². The van der Waals surface area contributed by atoms with Gasteiger partial charge in [-0.1, -0.05) is 15.9 Å². The lowest BCUT2D eigenvalue weighted by molar-refractivity contribution is 0.0698. The Balaban J connectivity index is 3.41. The Bertz CT molecular complexity index is 544. The molecule has 0 atom stereocenters. The van der Waals surface area contributed by atoms with Crippen LogP contribution in [-0.4, -0.2) is 19.5 Å². The van der Waals surface area contributed by atoms with E-state index >= 15 is 0 Å². The first-order valence-corrected chi connectivity index (χ1v) is 6.87. The number of carboxylic acids is 1. The molecule has 1 aromatic rings. The minimum Gasteiger partial charge on any atom is -0.478 e. The van der Waals surface area contributed by atoms with Gasteiger partial charge in [0, 0.05) is 8.95 Å². The van der Waals surface area contributed by atoms with E-state index in [-0.39, 0.29) is 15.7 Å². The van der Waals surface area contributed by atoms with E-state index in [9.17, 15) is 13.2 Å². The van der Waals surface area contributed by atoms with Crippen LogP contribution in [0.2, 0.25) is 0 Å². The van der Waals surface area contributed by atoms with Gasteiger partial charge in [-0.05, 0) is 28.1 Å². The van der Waals surface area contributed by atoms with E-state index in [1.165, 1.54) is 12.1 Å². The first kappa shape index (κ1) is 13.4. The summed E-state index contributed by atoms with van der Waals surface area (Å²) in [6.45, 7) is 0. The van der Waals surface area contributed by atoms with Crippen LogP contribution in [0.4, 0.5) is 5.69 Å². The fraction of sp³-hybridized carbons (Fsp3) is 0. The SMILES string of the molecule is NS(=O)(=O)Nc1c(Br)cc(Br)cc1C(=O)O. The van der Waals surface area contributed by atoms with E-state index < -0.39 is 16.2 Å². The van der Waals surface area contributed by atoms with Crippen LogP contribution in [0.15, 0.2) is 21.1 Å². The minimum atomic E-state index is -4.03. The highest BCUT2D eigenvalue weighted by Crippen LogP contribution is 2.31. The zero-order valence-corrected chi connectivity index (χ0v) is 11.6. The third-order valence-corrected chi connectivity index (χ3v) is 3.10. The highest BCUT2D eigenvalue weighted by molar-refractivity contribution is 9.11. The maximum atomic E-state index is 10.9. The first-order chi connectivity index (χ1) is 7.20. The summed E-state index contributed by atoms with van der Waals surface area (Å²) in [5.41, 5.74) is -0.325. The number of carboxylic acid groups (broad SMARTS) is 1. The van der Waals surface area contributed by atoms with Gasteiger partial charge in [0.05, 0.1) is 11.3 Å². The number of anilines is 1. The van der Waals surface area contributed by atoms with Gasteiger partial charge < -0.3 is 5.11 Å². The lowest BCUT2D eigenvalue weighted by Gasteiger charge is -2.10. The Morgan fingerprint density at radius 1 is 1.38 bits per heavy atom. The number of benzene rings is 1. The molecule has 9 heteroatoms. The molecule has 0 heterocycles. The Hall–Kier alpha value is -0.640. The van der Waals surface area contributed by atoms with Gasteiger partial charge >= 0.3 is 5.97 Å². The molecule has 0 fully saturated rings. The average molecular weight is 374 g/mol. The molecule has 0 aliphatic heterocycles. The van der Waals surface area contributed by atoms with Gasteiger partial charge in [0.25, 0.3) is 10.2 Å². The van der Waals surface area contributed by atoms with Crippen LogP contribution in [0.5, 0.6) is 0 Å². The van der Waals surface area contributed by atoms with Gasteiger partial charge in [-0.2, -0.15) is 8.42 Å². The zero-order valence-electron chi connectivity index (χ0n) is 7.57. The Labute approximate surface area is 108 Å². The van der Waals surface area contributed by atoms with Crippen molar-refractivity contribution >= 4 is 53.7 Å². The summed E-state index contributed by atoms with van der Waals surface area (Å²) in [6.07, 6.45) is 0. The summed E-state index contributed by atoms with van der Waals surface area (Å²) < 4.78 is 24.4. The summed E-state index contributed by atoms with van der Waals surface area (Å²) in [5.74, 6) is -1.27. The number of hydrogen-bond acceptors (Lipinski definition) is 3. The molecule has 0 aliphatic carbocycles. The molecule has 4 N–H and O–H groups in total. The maximum Gasteiger partial charge on any atom is 0.337 e. The second kappa shape index (κ2) is 4.70. The van der Waals surface area contributed by atoms with Crippen molar-refractivity contribution in [2.75, 3.05) is 4.72 Å². The number of nitrogens with one attached hydrogen (secondary N) is 1. The molecule has 6 nitrogen and oxygen atoms in total. The van der Waals surface area contributed by atoms with E-state index in [1.54, 1.807) is 0 Å². The quantitative estimate of drug-likeness (QED) is 0.746. The summed E-state index contributed by atoms with van der Waals surface area (Å²) in [5, 5.41) is 13.7. The lowest BCUT2D eigenvalue weighted by atomic mass is 10.2. The molecule has 0 saturated heterocycles. The summed E-state index contributed by atoms with van der Waals surface area (Å²) in [4.78, 5) is 10.9. The fourth-order valence-electron chi connectivity index (χ4n) is 0.988. The van der Waals surface area contributed by atoms with Crippen molar-refractivity contribution < 1.29 is 18.3 Å². The standard InChI is InChI=1S/C7H6Br2N2O4S/c8-3-1-4(7(12)13)6(5(9)2-3)11-16(10,14)15/h1-2,11H,(H,12,13)(H2,10,14,15). The lowest BCUT2D eigenvalue weighted by Crippen LogP contribution is -2.23. The number of carbonyl (C=O) groups is 1. The van der Waals surface area contributed by atoms with Gasteiger partial charge in [0.15, 0.2) is 0 Å². The molecule has 88 valence electrons. The van der Waals surface area contributed by atoms with Crippen molar-refractivity contribution in [2.45, 2.75) is 0 Å². The molecule has 0 radical (unpaired) electrons. The van der Waals surface area contributed by atoms with Crippen molar-refractivity contribution in [3.05, 3.63) is 26.6 Å². The third kappa shape index (κ3) is 3.44. The molecular formula is C7H6Br2N2O4S. The third-order valence-electron chi connectivity index (χ3n) is 1.53. The molecule has 16 heavy (non-hydrogen) atoms. The van der Waals surface area contributed by atoms with Crippen LogP contribution in [0.3, 0.4) is 0 Å². The molecule has 0 spiro atoms. The molecule has 0 saturated carbocycles. The molecular weight excluding hydrogens is 368 g/mol. The van der Waals surface area contributed by atoms with Crippen LogP contribution < -0.4 is 9.86 Å². The average Bonchev–Trinajstić information content (AvgIpc) is 2.07. The molecule has 1 rings (SSSR count).